The summed E-state index contributed by atoms with van der Waals surface area (Å²) in [6.07, 6.45) is 5.60. The number of nitrogens with one attached hydrogen (secondary N) is 1. The van der Waals surface area contributed by atoms with Crippen LogP contribution in [-0.2, 0) is 14.3 Å². The summed E-state index contributed by atoms with van der Waals surface area (Å²) in [6.45, 7) is 0.861. The summed E-state index contributed by atoms with van der Waals surface area (Å²) in [5.41, 5.74) is 0. The standard InChI is InChI=1S/C11H17NO3/c13-10-6-4-8(11(14)12-10)3-5-9-2-1-7-15-9/h8-9H,1-7H2,(H,12,13,14). The molecule has 2 aliphatic heterocycles. The number of hydrogen-bond acceptors (Lipinski definition) is 3. The molecule has 15 heavy (non-hydrogen) atoms. The summed E-state index contributed by atoms with van der Waals surface area (Å²) < 4.78 is 5.50. The van der Waals surface area contributed by atoms with Crippen LogP contribution in [0.3, 0.4) is 0 Å². The third-order valence-corrected chi connectivity index (χ3v) is 3.21. The van der Waals surface area contributed by atoms with Crippen molar-refractivity contribution in [2.45, 2.75) is 44.6 Å². The maximum Gasteiger partial charge on any atom is 0.229 e. The lowest BCUT2D eigenvalue weighted by Crippen LogP contribution is -2.40. The zero-order valence-corrected chi connectivity index (χ0v) is 8.83. The highest BCUT2D eigenvalue weighted by atomic mass is 16.5. The van der Waals surface area contributed by atoms with Gasteiger partial charge < -0.3 is 4.74 Å². The number of ether oxygens (including phenoxy) is 1. The molecule has 4 nitrogen and oxygen atoms in total. The quantitative estimate of drug-likeness (QED) is 0.708. The predicted octanol–water partition coefficient (Wildman–Crippen LogP) is 0.998. The Balaban J connectivity index is 1.74. The number of rotatable bonds is 3. The molecule has 0 radical (unpaired) electrons. The second-order valence-electron chi connectivity index (χ2n) is 4.36. The van der Waals surface area contributed by atoms with Crippen molar-refractivity contribution >= 4 is 11.8 Å². The zero-order valence-electron chi connectivity index (χ0n) is 8.83. The molecule has 0 saturated carbocycles. The van der Waals surface area contributed by atoms with Gasteiger partial charge in [-0.25, -0.2) is 0 Å². The summed E-state index contributed by atoms with van der Waals surface area (Å²) >= 11 is 0. The van der Waals surface area contributed by atoms with Crippen LogP contribution in [0.2, 0.25) is 0 Å². The highest BCUT2D eigenvalue weighted by Crippen LogP contribution is 2.23. The average Bonchev–Trinajstić information content (AvgIpc) is 2.69. The normalized spacial score (nSPS) is 31.7. The van der Waals surface area contributed by atoms with Gasteiger partial charge in [-0.2, -0.15) is 0 Å². The van der Waals surface area contributed by atoms with Crippen molar-refractivity contribution in [3.63, 3.8) is 0 Å². The van der Waals surface area contributed by atoms with Crippen molar-refractivity contribution in [3.05, 3.63) is 0 Å². The molecule has 2 amide bonds. The van der Waals surface area contributed by atoms with Crippen LogP contribution in [0.4, 0.5) is 0 Å². The smallest absolute Gasteiger partial charge is 0.229 e. The second kappa shape index (κ2) is 4.75. The van der Waals surface area contributed by atoms with Crippen LogP contribution in [0, 0.1) is 5.92 Å². The summed E-state index contributed by atoms with van der Waals surface area (Å²) in [5.74, 6) is -0.204. The van der Waals surface area contributed by atoms with E-state index in [1.807, 2.05) is 0 Å². The number of hydrogen-bond donors (Lipinski definition) is 1. The largest absolute Gasteiger partial charge is 0.378 e. The second-order valence-corrected chi connectivity index (χ2v) is 4.36. The van der Waals surface area contributed by atoms with Crippen molar-refractivity contribution in [1.82, 2.24) is 5.32 Å². The van der Waals surface area contributed by atoms with Crippen LogP contribution in [0.25, 0.3) is 0 Å². The highest BCUT2D eigenvalue weighted by Gasteiger charge is 2.27. The van der Waals surface area contributed by atoms with Gasteiger partial charge in [0.1, 0.15) is 0 Å². The first-order valence-corrected chi connectivity index (χ1v) is 5.71. The summed E-state index contributed by atoms with van der Waals surface area (Å²) in [6, 6.07) is 0. The first-order valence-electron chi connectivity index (χ1n) is 5.71. The third-order valence-electron chi connectivity index (χ3n) is 3.21. The predicted molar refractivity (Wildman–Crippen MR) is 54.1 cm³/mol. The first-order chi connectivity index (χ1) is 7.25. The maximum atomic E-state index is 11.4. The highest BCUT2D eigenvalue weighted by molar-refractivity contribution is 5.98. The molecule has 0 aromatic rings. The number of carbonyl (C=O) groups excluding carboxylic acids is 2. The van der Waals surface area contributed by atoms with Crippen molar-refractivity contribution < 1.29 is 14.3 Å². The van der Waals surface area contributed by atoms with Crippen LogP contribution in [-0.4, -0.2) is 24.5 Å². The molecule has 0 aliphatic carbocycles. The Morgan fingerprint density at radius 2 is 2.13 bits per heavy atom. The molecule has 0 aromatic carbocycles. The van der Waals surface area contributed by atoms with E-state index in [9.17, 15) is 9.59 Å². The van der Waals surface area contributed by atoms with Gasteiger partial charge in [0.25, 0.3) is 0 Å². The van der Waals surface area contributed by atoms with E-state index in [1.54, 1.807) is 0 Å². The molecule has 2 heterocycles. The molecule has 0 bridgehead atoms. The minimum Gasteiger partial charge on any atom is -0.378 e. The fraction of sp³-hybridized carbons (Fsp3) is 0.818. The molecule has 1 N–H and O–H groups in total. The van der Waals surface area contributed by atoms with E-state index in [-0.39, 0.29) is 17.7 Å². The van der Waals surface area contributed by atoms with Crippen LogP contribution in [0.15, 0.2) is 0 Å². The lowest BCUT2D eigenvalue weighted by Gasteiger charge is -2.21. The summed E-state index contributed by atoms with van der Waals surface area (Å²) in [5, 5.41) is 2.39. The van der Waals surface area contributed by atoms with Gasteiger partial charge in [0.15, 0.2) is 0 Å². The Labute approximate surface area is 89.4 Å². The van der Waals surface area contributed by atoms with Crippen LogP contribution < -0.4 is 5.32 Å². The van der Waals surface area contributed by atoms with Gasteiger partial charge in [0, 0.05) is 18.9 Å². The minimum atomic E-state index is -0.131. The molecule has 2 saturated heterocycles. The van der Waals surface area contributed by atoms with E-state index < -0.39 is 0 Å². The van der Waals surface area contributed by atoms with Crippen LogP contribution >= 0.6 is 0 Å². The number of amides is 2. The topological polar surface area (TPSA) is 55.4 Å². The monoisotopic (exact) mass is 211 g/mol. The fourth-order valence-corrected chi connectivity index (χ4v) is 2.27. The molecule has 84 valence electrons. The van der Waals surface area contributed by atoms with Gasteiger partial charge in [-0.05, 0) is 32.1 Å². The van der Waals surface area contributed by atoms with Gasteiger partial charge in [-0.3, -0.25) is 14.9 Å². The maximum absolute atomic E-state index is 11.4. The Hall–Kier alpha value is -0.900. The number of carbonyl (C=O) groups is 2. The molecule has 0 spiro atoms. The lowest BCUT2D eigenvalue weighted by molar-refractivity contribution is -0.136. The van der Waals surface area contributed by atoms with Gasteiger partial charge in [0.05, 0.1) is 6.10 Å². The molecule has 2 fully saturated rings. The van der Waals surface area contributed by atoms with E-state index in [2.05, 4.69) is 5.32 Å². The fourth-order valence-electron chi connectivity index (χ4n) is 2.27. The Morgan fingerprint density at radius 3 is 2.80 bits per heavy atom. The average molecular weight is 211 g/mol. The van der Waals surface area contributed by atoms with Crippen molar-refractivity contribution in [1.29, 1.82) is 0 Å². The summed E-state index contributed by atoms with van der Waals surface area (Å²) in [7, 11) is 0. The van der Waals surface area contributed by atoms with Crippen molar-refractivity contribution in [3.8, 4) is 0 Å². The van der Waals surface area contributed by atoms with Gasteiger partial charge in [0.2, 0.25) is 11.8 Å². The first kappa shape index (κ1) is 10.6. The van der Waals surface area contributed by atoms with Crippen LogP contribution in [0.1, 0.15) is 38.5 Å². The molecule has 2 rings (SSSR count). The molecule has 2 aliphatic rings. The van der Waals surface area contributed by atoms with Crippen molar-refractivity contribution in [2.75, 3.05) is 6.61 Å². The van der Waals surface area contributed by atoms with Gasteiger partial charge in [-0.15, -0.1) is 0 Å². The molecular weight excluding hydrogens is 194 g/mol. The Morgan fingerprint density at radius 1 is 1.27 bits per heavy atom. The van der Waals surface area contributed by atoms with Crippen LogP contribution in [0.5, 0.6) is 0 Å². The van der Waals surface area contributed by atoms with E-state index in [0.717, 1.165) is 32.3 Å². The molecule has 4 heteroatoms. The van der Waals surface area contributed by atoms with E-state index in [0.29, 0.717) is 18.9 Å². The van der Waals surface area contributed by atoms with Gasteiger partial charge in [-0.1, -0.05) is 0 Å². The van der Waals surface area contributed by atoms with E-state index >= 15 is 0 Å². The summed E-state index contributed by atoms with van der Waals surface area (Å²) in [4.78, 5) is 22.4. The van der Waals surface area contributed by atoms with E-state index in [1.165, 1.54) is 0 Å². The Kier molecular flexibility index (Phi) is 3.36. The SMILES string of the molecule is O=C1CCC(CCC2CCCO2)C(=O)N1. The lowest BCUT2D eigenvalue weighted by atomic mass is 9.92. The number of piperidine rings is 1. The third kappa shape index (κ3) is 2.78. The molecule has 2 atom stereocenters. The molecule has 0 aromatic heterocycles. The van der Waals surface area contributed by atoms with Gasteiger partial charge >= 0.3 is 0 Å². The van der Waals surface area contributed by atoms with E-state index in [4.69, 9.17) is 4.74 Å². The number of imide groups is 1. The Bertz CT molecular complexity index is 259. The zero-order chi connectivity index (χ0) is 10.7. The van der Waals surface area contributed by atoms with Crippen molar-refractivity contribution in [2.24, 2.45) is 5.92 Å². The molecular formula is C11H17NO3. The molecule has 2 unspecified atom stereocenters. The minimum absolute atomic E-state index is 0.0203.